The maximum Gasteiger partial charge on any atom is 0.228 e. The minimum Gasteiger partial charge on any atom is -0.326 e. The van der Waals surface area contributed by atoms with Crippen LogP contribution in [0.25, 0.3) is 10.8 Å². The highest BCUT2D eigenvalue weighted by Crippen LogP contribution is 2.31. The van der Waals surface area contributed by atoms with Crippen molar-refractivity contribution in [2.24, 2.45) is 5.14 Å². The van der Waals surface area contributed by atoms with Crippen LogP contribution in [0.15, 0.2) is 83.9 Å². The molecule has 0 aliphatic rings. The summed E-state index contributed by atoms with van der Waals surface area (Å²) < 4.78 is 0. The number of carbonyl (C=O) groups is 1. The fourth-order valence-electron chi connectivity index (χ4n) is 3.43. The second kappa shape index (κ2) is 9.30. The summed E-state index contributed by atoms with van der Waals surface area (Å²) in [4.78, 5) is 18.1. The van der Waals surface area contributed by atoms with Crippen molar-refractivity contribution in [2.75, 3.05) is 5.32 Å². The molecular weight excluding hydrogens is 414 g/mol. The van der Waals surface area contributed by atoms with Gasteiger partial charge in [0.1, 0.15) is 0 Å². The number of carbonyl (C=O) groups excluding carboxylic acids is 1. The Labute approximate surface area is 184 Å². The minimum absolute atomic E-state index is 0.135. The van der Waals surface area contributed by atoms with Crippen LogP contribution in [-0.2, 0) is 17.6 Å². The van der Waals surface area contributed by atoms with E-state index in [1.807, 2.05) is 54.6 Å². The second-order valence-electron chi connectivity index (χ2n) is 6.92. The Morgan fingerprint density at radius 1 is 1.00 bits per heavy atom. The van der Waals surface area contributed by atoms with Crippen molar-refractivity contribution in [3.8, 4) is 0 Å². The molecule has 0 radical (unpaired) electrons. The van der Waals surface area contributed by atoms with Crippen LogP contribution in [0.4, 0.5) is 5.69 Å². The molecule has 0 aliphatic carbocycles. The van der Waals surface area contributed by atoms with Gasteiger partial charge in [-0.15, -0.1) is 0 Å². The maximum atomic E-state index is 12.6. The van der Waals surface area contributed by atoms with E-state index in [2.05, 4.69) is 22.4 Å². The van der Waals surface area contributed by atoms with E-state index in [1.54, 1.807) is 12.3 Å². The Hall–Kier alpha value is -2.86. The molecule has 1 amide bonds. The normalized spacial score (nSPS) is 10.9. The molecule has 3 aromatic carbocycles. The molecule has 6 heteroatoms. The van der Waals surface area contributed by atoms with Gasteiger partial charge >= 0.3 is 0 Å². The Morgan fingerprint density at radius 3 is 2.53 bits per heavy atom. The second-order valence-corrected chi connectivity index (χ2v) is 8.01. The number of anilines is 1. The van der Waals surface area contributed by atoms with Gasteiger partial charge in [0.2, 0.25) is 5.91 Å². The summed E-state index contributed by atoms with van der Waals surface area (Å²) >= 11 is 7.35. The van der Waals surface area contributed by atoms with Crippen molar-refractivity contribution in [3.05, 3.63) is 101 Å². The number of pyridine rings is 1. The number of fused-ring (bicyclic) bond motifs is 1. The van der Waals surface area contributed by atoms with E-state index in [1.165, 1.54) is 5.56 Å². The van der Waals surface area contributed by atoms with Crippen LogP contribution in [0.5, 0.6) is 0 Å². The molecule has 0 saturated heterocycles. The van der Waals surface area contributed by atoms with Crippen molar-refractivity contribution in [3.63, 3.8) is 0 Å². The number of benzene rings is 3. The van der Waals surface area contributed by atoms with Crippen LogP contribution >= 0.6 is 23.5 Å². The van der Waals surface area contributed by atoms with Crippen LogP contribution in [0.1, 0.15) is 16.8 Å². The molecule has 1 aromatic heterocycles. The zero-order valence-corrected chi connectivity index (χ0v) is 17.7. The van der Waals surface area contributed by atoms with Gasteiger partial charge in [-0.3, -0.25) is 14.9 Å². The number of aromatic nitrogens is 1. The Balaban J connectivity index is 1.66. The SMILES string of the molecule is NSc1cc(NC(=O)Cc2ccccc2Cl)cc2c(Cc3ccccc3)nccc12. The molecule has 0 atom stereocenters. The summed E-state index contributed by atoms with van der Waals surface area (Å²) in [6, 6.07) is 23.3. The molecule has 0 saturated carbocycles. The predicted octanol–water partition coefficient (Wildman–Crippen LogP) is 5.63. The number of hydrogen-bond acceptors (Lipinski definition) is 4. The summed E-state index contributed by atoms with van der Waals surface area (Å²) in [6.45, 7) is 0. The maximum absolute atomic E-state index is 12.6. The van der Waals surface area contributed by atoms with E-state index in [0.717, 1.165) is 38.9 Å². The van der Waals surface area contributed by atoms with Gasteiger partial charge < -0.3 is 5.32 Å². The van der Waals surface area contributed by atoms with Crippen molar-refractivity contribution in [1.29, 1.82) is 0 Å². The molecule has 4 nitrogen and oxygen atoms in total. The smallest absolute Gasteiger partial charge is 0.228 e. The number of rotatable bonds is 6. The van der Waals surface area contributed by atoms with Crippen LogP contribution in [-0.4, -0.2) is 10.9 Å². The van der Waals surface area contributed by atoms with E-state index in [4.69, 9.17) is 16.7 Å². The Bertz CT molecular complexity index is 1200. The van der Waals surface area contributed by atoms with Crippen LogP contribution in [0, 0.1) is 0 Å². The van der Waals surface area contributed by atoms with E-state index >= 15 is 0 Å². The van der Waals surface area contributed by atoms with E-state index in [9.17, 15) is 4.79 Å². The standard InChI is InChI=1S/C24H20ClN3OS/c25-21-9-5-4-8-17(21)13-24(29)28-18-14-20-19(23(15-18)30-26)10-11-27-22(20)12-16-6-2-1-3-7-16/h1-11,14-15H,12-13,26H2,(H,28,29). The topological polar surface area (TPSA) is 68.0 Å². The highest BCUT2D eigenvalue weighted by atomic mass is 35.5. The van der Waals surface area contributed by atoms with Crippen molar-refractivity contribution in [2.45, 2.75) is 17.7 Å². The Kier molecular flexibility index (Phi) is 6.33. The van der Waals surface area contributed by atoms with Crippen molar-refractivity contribution < 1.29 is 4.79 Å². The molecule has 4 rings (SSSR count). The van der Waals surface area contributed by atoms with Gasteiger partial charge in [-0.25, -0.2) is 0 Å². The quantitative estimate of drug-likeness (QED) is 0.387. The molecule has 3 N–H and O–H groups in total. The van der Waals surface area contributed by atoms with Gasteiger partial charge in [-0.2, -0.15) is 0 Å². The van der Waals surface area contributed by atoms with Crippen molar-refractivity contribution in [1.82, 2.24) is 4.98 Å². The molecule has 1 heterocycles. The first-order valence-electron chi connectivity index (χ1n) is 9.49. The number of amides is 1. The van der Waals surface area contributed by atoms with Crippen LogP contribution < -0.4 is 10.5 Å². The first kappa shape index (κ1) is 20.4. The third-order valence-electron chi connectivity index (χ3n) is 4.86. The van der Waals surface area contributed by atoms with E-state index in [-0.39, 0.29) is 12.3 Å². The average molecular weight is 434 g/mol. The number of halogens is 1. The lowest BCUT2D eigenvalue weighted by atomic mass is 10.0. The molecule has 0 unspecified atom stereocenters. The molecular formula is C24H20ClN3OS. The molecule has 30 heavy (non-hydrogen) atoms. The van der Waals surface area contributed by atoms with Gasteiger partial charge in [-0.05, 0) is 47.3 Å². The lowest BCUT2D eigenvalue weighted by Gasteiger charge is -2.13. The summed E-state index contributed by atoms with van der Waals surface area (Å²) in [5.74, 6) is -0.135. The van der Waals surface area contributed by atoms with Gasteiger partial charge in [0.05, 0.1) is 12.1 Å². The zero-order valence-electron chi connectivity index (χ0n) is 16.1. The number of nitrogens with one attached hydrogen (secondary N) is 1. The van der Waals surface area contributed by atoms with Gasteiger partial charge in [-0.1, -0.05) is 60.1 Å². The zero-order chi connectivity index (χ0) is 20.9. The first-order valence-corrected chi connectivity index (χ1v) is 10.8. The predicted molar refractivity (Wildman–Crippen MR) is 125 cm³/mol. The monoisotopic (exact) mass is 433 g/mol. The largest absolute Gasteiger partial charge is 0.326 e. The number of hydrogen-bond donors (Lipinski definition) is 2. The fraction of sp³-hybridized carbons (Fsp3) is 0.0833. The third-order valence-corrected chi connectivity index (χ3v) is 5.82. The molecule has 0 spiro atoms. The van der Waals surface area contributed by atoms with Gasteiger partial charge in [0.15, 0.2) is 0 Å². The lowest BCUT2D eigenvalue weighted by molar-refractivity contribution is -0.115. The van der Waals surface area contributed by atoms with Crippen LogP contribution in [0.2, 0.25) is 5.02 Å². The summed E-state index contributed by atoms with van der Waals surface area (Å²) in [7, 11) is 0. The summed E-state index contributed by atoms with van der Waals surface area (Å²) in [5, 5.41) is 11.5. The lowest BCUT2D eigenvalue weighted by Crippen LogP contribution is -2.14. The molecule has 4 aromatic rings. The Morgan fingerprint density at radius 2 is 1.77 bits per heavy atom. The van der Waals surface area contributed by atoms with E-state index < -0.39 is 0 Å². The summed E-state index contributed by atoms with van der Waals surface area (Å²) in [6.07, 6.45) is 2.70. The molecule has 0 fully saturated rings. The molecule has 0 aliphatic heterocycles. The highest BCUT2D eigenvalue weighted by Gasteiger charge is 2.12. The fourth-order valence-corrected chi connectivity index (χ4v) is 4.13. The van der Waals surface area contributed by atoms with Gasteiger partial charge in [0, 0.05) is 39.0 Å². The average Bonchev–Trinajstić information content (AvgIpc) is 2.76. The van der Waals surface area contributed by atoms with Gasteiger partial charge in [0.25, 0.3) is 0 Å². The number of nitrogens with two attached hydrogens (primary N) is 1. The highest BCUT2D eigenvalue weighted by molar-refractivity contribution is 7.97. The van der Waals surface area contributed by atoms with Crippen molar-refractivity contribution >= 4 is 45.9 Å². The summed E-state index contributed by atoms with van der Waals surface area (Å²) in [5.41, 5.74) is 3.59. The number of nitrogens with zero attached hydrogens (tertiary/aromatic N) is 1. The van der Waals surface area contributed by atoms with Crippen LogP contribution in [0.3, 0.4) is 0 Å². The molecule has 0 bridgehead atoms. The molecule has 150 valence electrons. The third kappa shape index (κ3) is 4.65. The first-order chi connectivity index (χ1) is 14.6. The van der Waals surface area contributed by atoms with E-state index in [0.29, 0.717) is 17.1 Å². The minimum atomic E-state index is -0.135.